The Morgan fingerprint density at radius 3 is 2.30 bits per heavy atom. The van der Waals surface area contributed by atoms with E-state index in [0.29, 0.717) is 45.2 Å². The van der Waals surface area contributed by atoms with Crippen molar-refractivity contribution in [3.8, 4) is 17.2 Å². The lowest BCUT2D eigenvalue weighted by atomic mass is 10.1. The van der Waals surface area contributed by atoms with Crippen molar-refractivity contribution in [2.24, 2.45) is 0 Å². The number of anilines is 1. The third-order valence-electron chi connectivity index (χ3n) is 6.87. The van der Waals surface area contributed by atoms with Gasteiger partial charge in [0.15, 0.2) is 11.5 Å². The van der Waals surface area contributed by atoms with Crippen LogP contribution in [0.3, 0.4) is 0 Å². The third kappa shape index (κ3) is 7.51. The first-order valence-electron chi connectivity index (χ1n) is 14.1. The molecule has 1 heterocycles. The minimum Gasteiger partial charge on any atom is -0.490 e. The second kappa shape index (κ2) is 14.2. The molecule has 0 aromatic heterocycles. The lowest BCUT2D eigenvalue weighted by Crippen LogP contribution is -2.54. The van der Waals surface area contributed by atoms with E-state index in [1.165, 1.54) is 18.2 Å². The number of carbonyl (C=O) groups excluding carboxylic acids is 3. The van der Waals surface area contributed by atoms with Gasteiger partial charge < -0.3 is 14.2 Å². The molecule has 4 aromatic carbocycles. The number of barbiturate groups is 1. The predicted octanol–water partition coefficient (Wildman–Crippen LogP) is 6.73. The zero-order valence-corrected chi connectivity index (χ0v) is 27.0. The number of nitro benzene ring substituents is 1. The van der Waals surface area contributed by atoms with Crippen molar-refractivity contribution in [1.82, 2.24) is 5.32 Å². The predicted molar refractivity (Wildman–Crippen MR) is 179 cm³/mol. The number of nitrogens with one attached hydrogen (secondary N) is 1. The molecule has 0 atom stereocenters. The fraction of sp³-hybridized carbons (Fsp3) is 0.147. The molecule has 1 fully saturated rings. The van der Waals surface area contributed by atoms with Gasteiger partial charge in [0, 0.05) is 12.1 Å². The Bertz CT molecular complexity index is 1840. The lowest BCUT2D eigenvalue weighted by molar-refractivity contribution is -0.384. The molecule has 1 N–H and O–H groups in total. The van der Waals surface area contributed by atoms with Gasteiger partial charge in [0.2, 0.25) is 0 Å². The molecular formula is C34H28IN3O8. The number of halogens is 1. The minimum absolute atomic E-state index is 0.0476. The molecule has 0 saturated carbocycles. The van der Waals surface area contributed by atoms with Crippen molar-refractivity contribution < 1.29 is 33.5 Å². The Hall–Kier alpha value is -5.24. The van der Waals surface area contributed by atoms with Crippen LogP contribution in [0.2, 0.25) is 0 Å². The van der Waals surface area contributed by atoms with Crippen LogP contribution in [0.25, 0.3) is 6.08 Å². The van der Waals surface area contributed by atoms with Gasteiger partial charge in [-0.2, -0.15) is 0 Å². The average Bonchev–Trinajstić information content (AvgIpc) is 3.03. The topological polar surface area (TPSA) is 137 Å². The van der Waals surface area contributed by atoms with E-state index in [0.717, 1.165) is 16.0 Å². The monoisotopic (exact) mass is 733 g/mol. The van der Waals surface area contributed by atoms with E-state index in [2.05, 4.69) is 5.32 Å². The van der Waals surface area contributed by atoms with Crippen molar-refractivity contribution >= 4 is 57.9 Å². The molecule has 46 heavy (non-hydrogen) atoms. The number of ether oxygens (including phenoxy) is 3. The zero-order chi connectivity index (χ0) is 32.8. The van der Waals surface area contributed by atoms with E-state index >= 15 is 0 Å². The van der Waals surface area contributed by atoms with Gasteiger partial charge in [-0.25, -0.2) is 9.69 Å². The third-order valence-corrected chi connectivity index (χ3v) is 7.67. The number of rotatable bonds is 11. The van der Waals surface area contributed by atoms with Crippen molar-refractivity contribution in [3.05, 3.63) is 126 Å². The largest absolute Gasteiger partial charge is 0.490 e. The SMILES string of the molecule is CCOc1cc(/C=C2\C(=O)NC(=O)N(c3ccc(OCc4ccc(C)cc4)cc3)C2=O)cc(I)c1OCc1cccc([N+](=O)[O-])c1. The first kappa shape index (κ1) is 32.2. The highest BCUT2D eigenvalue weighted by molar-refractivity contribution is 14.1. The Balaban J connectivity index is 1.35. The number of imide groups is 2. The number of benzene rings is 4. The highest BCUT2D eigenvalue weighted by atomic mass is 127. The number of hydrogen-bond acceptors (Lipinski definition) is 8. The van der Waals surface area contributed by atoms with Crippen molar-refractivity contribution in [2.75, 3.05) is 11.5 Å². The zero-order valence-electron chi connectivity index (χ0n) is 24.8. The highest BCUT2D eigenvalue weighted by Gasteiger charge is 2.37. The molecule has 0 unspecified atom stereocenters. The number of hydrogen-bond donors (Lipinski definition) is 1. The molecule has 0 spiro atoms. The molecule has 1 aliphatic heterocycles. The summed E-state index contributed by atoms with van der Waals surface area (Å²) in [5.74, 6) is -0.322. The van der Waals surface area contributed by atoms with Crippen LogP contribution in [-0.4, -0.2) is 29.4 Å². The number of nitro groups is 1. The summed E-state index contributed by atoms with van der Waals surface area (Å²) in [6, 6.07) is 22.9. The van der Waals surface area contributed by atoms with E-state index in [4.69, 9.17) is 14.2 Å². The van der Waals surface area contributed by atoms with Crippen molar-refractivity contribution in [3.63, 3.8) is 0 Å². The number of nitrogens with zero attached hydrogens (tertiary/aromatic N) is 2. The molecule has 11 nitrogen and oxygen atoms in total. The summed E-state index contributed by atoms with van der Waals surface area (Å²) >= 11 is 2.04. The Kier molecular flexibility index (Phi) is 9.96. The summed E-state index contributed by atoms with van der Waals surface area (Å²) in [4.78, 5) is 50.6. The van der Waals surface area contributed by atoms with Crippen molar-refractivity contribution in [2.45, 2.75) is 27.1 Å². The van der Waals surface area contributed by atoms with E-state index < -0.39 is 22.8 Å². The Labute approximate surface area is 278 Å². The maximum absolute atomic E-state index is 13.5. The van der Waals surface area contributed by atoms with Gasteiger partial charge in [0.1, 0.15) is 24.5 Å². The van der Waals surface area contributed by atoms with Gasteiger partial charge in [0.25, 0.3) is 17.5 Å². The molecule has 1 aliphatic rings. The number of urea groups is 1. The van der Waals surface area contributed by atoms with Gasteiger partial charge in [-0.3, -0.25) is 25.0 Å². The lowest BCUT2D eigenvalue weighted by Gasteiger charge is -2.26. The van der Waals surface area contributed by atoms with Gasteiger partial charge in [-0.1, -0.05) is 42.0 Å². The molecule has 12 heteroatoms. The van der Waals surface area contributed by atoms with Gasteiger partial charge in [-0.05, 0) is 95.6 Å². The van der Waals surface area contributed by atoms with Crippen molar-refractivity contribution in [1.29, 1.82) is 0 Å². The molecule has 0 bridgehead atoms. The summed E-state index contributed by atoms with van der Waals surface area (Å²) in [5, 5.41) is 13.4. The Morgan fingerprint density at radius 1 is 0.891 bits per heavy atom. The van der Waals surface area contributed by atoms with Crippen LogP contribution in [-0.2, 0) is 22.8 Å². The average molecular weight is 734 g/mol. The highest BCUT2D eigenvalue weighted by Crippen LogP contribution is 2.36. The first-order valence-corrected chi connectivity index (χ1v) is 15.2. The molecule has 5 rings (SSSR count). The molecule has 0 radical (unpaired) electrons. The van der Waals surface area contributed by atoms with E-state index in [9.17, 15) is 24.5 Å². The summed E-state index contributed by atoms with van der Waals surface area (Å²) in [7, 11) is 0. The van der Waals surface area contributed by atoms with Crippen LogP contribution in [0.4, 0.5) is 16.2 Å². The minimum atomic E-state index is -0.866. The van der Waals surface area contributed by atoms with Crippen LogP contribution in [0.15, 0.2) is 90.5 Å². The molecule has 4 amide bonds. The van der Waals surface area contributed by atoms with Crippen LogP contribution in [0.5, 0.6) is 17.2 Å². The second-order valence-electron chi connectivity index (χ2n) is 10.2. The standard InChI is InChI=1S/C34H28IN3O8/c1-3-44-30-18-24(17-29(35)31(30)46-20-23-5-4-6-26(15-23)38(42)43)16-28-32(39)36-34(41)37(33(28)40)25-11-13-27(14-12-25)45-19-22-9-7-21(2)8-10-22/h4-18H,3,19-20H2,1-2H3,(H,36,39,41)/b28-16+. The summed E-state index contributed by atoms with van der Waals surface area (Å²) in [5.41, 5.74) is 3.17. The molecule has 234 valence electrons. The number of amides is 4. The fourth-order valence-corrected chi connectivity index (χ4v) is 5.37. The van der Waals surface area contributed by atoms with E-state index in [1.54, 1.807) is 55.5 Å². The maximum Gasteiger partial charge on any atom is 0.335 e. The van der Waals surface area contributed by atoms with Crippen LogP contribution in [0, 0.1) is 20.6 Å². The molecule has 1 saturated heterocycles. The quantitative estimate of drug-likeness (QED) is 0.0589. The molecule has 0 aliphatic carbocycles. The summed E-state index contributed by atoms with van der Waals surface area (Å²) < 4.78 is 18.2. The maximum atomic E-state index is 13.5. The fourth-order valence-electron chi connectivity index (χ4n) is 4.59. The molecular weight excluding hydrogens is 705 g/mol. The molecule has 4 aromatic rings. The number of aryl methyl sites for hydroxylation is 1. The van der Waals surface area contributed by atoms with Gasteiger partial charge in [-0.15, -0.1) is 0 Å². The van der Waals surface area contributed by atoms with Gasteiger partial charge in [0.05, 0.1) is 20.8 Å². The second-order valence-corrected chi connectivity index (χ2v) is 11.4. The van der Waals surface area contributed by atoms with Crippen LogP contribution >= 0.6 is 22.6 Å². The number of non-ortho nitro benzene ring substituents is 1. The van der Waals surface area contributed by atoms with E-state index in [-0.39, 0.29) is 23.6 Å². The van der Waals surface area contributed by atoms with E-state index in [1.807, 2.05) is 53.8 Å². The van der Waals surface area contributed by atoms with Crippen LogP contribution in [0.1, 0.15) is 29.2 Å². The smallest absolute Gasteiger partial charge is 0.335 e. The Morgan fingerprint density at radius 2 is 1.61 bits per heavy atom. The van der Waals surface area contributed by atoms with Gasteiger partial charge >= 0.3 is 6.03 Å². The number of carbonyl (C=O) groups is 3. The first-order chi connectivity index (χ1) is 22.1. The normalized spacial score (nSPS) is 13.8. The summed E-state index contributed by atoms with van der Waals surface area (Å²) in [6.45, 7) is 4.50. The van der Waals surface area contributed by atoms with Crippen LogP contribution < -0.4 is 24.4 Å². The summed E-state index contributed by atoms with van der Waals surface area (Å²) in [6.07, 6.45) is 1.38.